The van der Waals surface area contributed by atoms with Crippen molar-refractivity contribution in [1.82, 2.24) is 20.4 Å². The van der Waals surface area contributed by atoms with Gasteiger partial charge in [-0.1, -0.05) is 30.3 Å². The molecule has 9 heteroatoms. The van der Waals surface area contributed by atoms with Gasteiger partial charge in [-0.05, 0) is 69.8 Å². The Kier molecular flexibility index (Phi) is 6.33. The van der Waals surface area contributed by atoms with Crippen molar-refractivity contribution >= 4 is 24.1 Å². The van der Waals surface area contributed by atoms with Gasteiger partial charge in [0.25, 0.3) is 5.91 Å². The first-order chi connectivity index (χ1) is 17.5. The normalized spacial score (nSPS) is 28.3. The van der Waals surface area contributed by atoms with Crippen molar-refractivity contribution in [2.24, 2.45) is 23.5 Å². The molecule has 196 valence electrons. The summed E-state index contributed by atoms with van der Waals surface area (Å²) in [6, 6.07) is 9.70. The van der Waals surface area contributed by atoms with E-state index < -0.39 is 17.2 Å². The number of benzene rings is 1. The number of hydrogen-bond donors (Lipinski definition) is 3. The van der Waals surface area contributed by atoms with E-state index in [1.165, 1.54) is 6.92 Å². The van der Waals surface area contributed by atoms with Crippen LogP contribution < -0.4 is 16.4 Å². The summed E-state index contributed by atoms with van der Waals surface area (Å²) in [6.07, 6.45) is 8.91. The molecule has 4 aliphatic rings. The van der Waals surface area contributed by atoms with Gasteiger partial charge in [-0.3, -0.25) is 9.59 Å². The Balaban J connectivity index is 1.40. The molecule has 4 bridgehead atoms. The minimum atomic E-state index is -0.711. The summed E-state index contributed by atoms with van der Waals surface area (Å²) in [4.78, 5) is 36.8. The third-order valence-electron chi connectivity index (χ3n) is 8.05. The monoisotopic (exact) mass is 505 g/mol. The van der Waals surface area contributed by atoms with Gasteiger partial charge in [0.05, 0.1) is 23.0 Å². The molecule has 4 fully saturated rings. The molecule has 1 aromatic carbocycles. The van der Waals surface area contributed by atoms with Crippen LogP contribution in [0.3, 0.4) is 0 Å². The summed E-state index contributed by atoms with van der Waals surface area (Å²) >= 11 is 0. The van der Waals surface area contributed by atoms with Crippen LogP contribution in [0.4, 0.5) is 4.79 Å². The van der Waals surface area contributed by atoms with Crippen molar-refractivity contribution in [2.75, 3.05) is 0 Å². The predicted molar refractivity (Wildman–Crippen MR) is 139 cm³/mol. The van der Waals surface area contributed by atoms with Gasteiger partial charge in [-0.25, -0.2) is 9.48 Å². The number of nitrogens with zero attached hydrogens (tertiary/aromatic N) is 2. The van der Waals surface area contributed by atoms with E-state index in [0.29, 0.717) is 17.2 Å². The van der Waals surface area contributed by atoms with Crippen LogP contribution in [0.2, 0.25) is 0 Å². The van der Waals surface area contributed by atoms with Crippen LogP contribution in [-0.4, -0.2) is 44.9 Å². The molecule has 4 saturated carbocycles. The molecule has 9 nitrogen and oxygen atoms in total. The Bertz CT molecular complexity index is 1220. The van der Waals surface area contributed by atoms with Crippen LogP contribution in [0.15, 0.2) is 42.6 Å². The van der Waals surface area contributed by atoms with E-state index in [1.54, 1.807) is 17.1 Å². The highest BCUT2D eigenvalue weighted by molar-refractivity contribution is 6.00. The average molecular weight is 506 g/mol. The van der Waals surface area contributed by atoms with Crippen LogP contribution in [0.1, 0.15) is 63.2 Å². The highest BCUT2D eigenvalue weighted by Crippen LogP contribution is 2.57. The Labute approximate surface area is 216 Å². The van der Waals surface area contributed by atoms with E-state index in [0.717, 1.165) is 37.7 Å². The SMILES string of the molecule is CC(=O)NC(C)(C)C=Cn1ncc(C(=O)NC2C3CC4CC2CC(OC(N)=O)(C4)C3)c1-c1ccccc1. The van der Waals surface area contributed by atoms with E-state index in [4.69, 9.17) is 10.5 Å². The molecule has 0 spiro atoms. The highest BCUT2D eigenvalue weighted by Gasteiger charge is 2.57. The molecule has 2 atom stereocenters. The first kappa shape index (κ1) is 25.0. The molecule has 2 aromatic rings. The van der Waals surface area contributed by atoms with Crippen LogP contribution >= 0.6 is 0 Å². The summed E-state index contributed by atoms with van der Waals surface area (Å²) < 4.78 is 7.31. The molecule has 2 unspecified atom stereocenters. The molecule has 6 rings (SSSR count). The molecule has 0 saturated heterocycles. The maximum Gasteiger partial charge on any atom is 0.405 e. The first-order valence-corrected chi connectivity index (χ1v) is 12.9. The number of nitrogens with two attached hydrogens (primary N) is 1. The molecule has 0 aliphatic heterocycles. The van der Waals surface area contributed by atoms with Gasteiger partial charge in [0, 0.05) is 24.7 Å². The van der Waals surface area contributed by atoms with Crippen molar-refractivity contribution in [2.45, 2.75) is 70.1 Å². The van der Waals surface area contributed by atoms with Gasteiger partial charge < -0.3 is 21.1 Å². The minimum Gasteiger partial charge on any atom is -0.443 e. The fraction of sp³-hybridized carbons (Fsp3) is 0.500. The highest BCUT2D eigenvalue weighted by atomic mass is 16.6. The van der Waals surface area contributed by atoms with E-state index in [2.05, 4.69) is 15.7 Å². The topological polar surface area (TPSA) is 128 Å². The Hall–Kier alpha value is -3.62. The number of hydrogen-bond acceptors (Lipinski definition) is 5. The van der Waals surface area contributed by atoms with Gasteiger partial charge in [0.1, 0.15) is 5.60 Å². The molecule has 3 amide bonds. The zero-order valence-corrected chi connectivity index (χ0v) is 21.6. The van der Waals surface area contributed by atoms with Crippen molar-refractivity contribution in [1.29, 1.82) is 0 Å². The Morgan fingerprint density at radius 3 is 2.43 bits per heavy atom. The minimum absolute atomic E-state index is 0.0230. The first-order valence-electron chi connectivity index (χ1n) is 12.9. The summed E-state index contributed by atoms with van der Waals surface area (Å²) in [6.45, 7) is 5.27. The van der Waals surface area contributed by atoms with Crippen molar-refractivity contribution in [3.8, 4) is 11.3 Å². The molecular formula is C28H35N5O4. The number of amides is 3. The lowest BCUT2D eigenvalue weighted by Gasteiger charge is -2.58. The second kappa shape index (κ2) is 9.36. The van der Waals surface area contributed by atoms with Gasteiger partial charge in [-0.2, -0.15) is 5.10 Å². The maximum absolute atomic E-state index is 13.7. The van der Waals surface area contributed by atoms with Crippen LogP contribution in [0, 0.1) is 17.8 Å². The molecule has 4 aliphatic carbocycles. The standard InChI is InChI=1S/C28H35N5O4/c1-17(34)32-27(2,3)9-10-33-24(19-7-5-4-6-8-19)22(16-30-33)25(35)31-23-20-11-18-12-21(23)15-28(13-18,14-20)37-26(29)36/h4-10,16,18,20-21,23H,11-15H2,1-3H3,(H2,29,36)(H,31,35)(H,32,34). The van der Waals surface area contributed by atoms with E-state index in [-0.39, 0.29) is 29.7 Å². The molecule has 4 N–H and O–H groups in total. The number of carbonyl (C=O) groups excluding carboxylic acids is 3. The zero-order chi connectivity index (χ0) is 26.4. The van der Waals surface area contributed by atoms with Gasteiger partial charge >= 0.3 is 6.09 Å². The average Bonchev–Trinajstić information content (AvgIpc) is 3.23. The number of primary amides is 1. The lowest BCUT2D eigenvalue weighted by atomic mass is 9.52. The Morgan fingerprint density at radius 1 is 1.14 bits per heavy atom. The quantitative estimate of drug-likeness (QED) is 0.528. The summed E-state index contributed by atoms with van der Waals surface area (Å²) in [5, 5.41) is 10.7. The van der Waals surface area contributed by atoms with Gasteiger partial charge in [0.2, 0.25) is 5.91 Å². The van der Waals surface area contributed by atoms with E-state index in [9.17, 15) is 14.4 Å². The lowest BCUT2D eigenvalue weighted by molar-refractivity contribution is -0.137. The molecule has 1 aromatic heterocycles. The smallest absolute Gasteiger partial charge is 0.405 e. The van der Waals surface area contributed by atoms with E-state index in [1.807, 2.05) is 50.3 Å². The molecule has 1 heterocycles. The molecular weight excluding hydrogens is 470 g/mol. The predicted octanol–water partition coefficient (Wildman–Crippen LogP) is 3.71. The molecule has 37 heavy (non-hydrogen) atoms. The largest absolute Gasteiger partial charge is 0.443 e. The van der Waals surface area contributed by atoms with Gasteiger partial charge in [0.15, 0.2) is 0 Å². The summed E-state index contributed by atoms with van der Waals surface area (Å²) in [7, 11) is 0. The summed E-state index contributed by atoms with van der Waals surface area (Å²) in [5.41, 5.74) is 6.37. The fourth-order valence-corrected chi connectivity index (χ4v) is 7.03. The van der Waals surface area contributed by atoms with Crippen LogP contribution in [0.5, 0.6) is 0 Å². The Morgan fingerprint density at radius 2 is 1.81 bits per heavy atom. The number of ether oxygens (including phenoxy) is 1. The third kappa shape index (κ3) is 5.12. The number of nitrogens with one attached hydrogen (secondary N) is 2. The van der Waals surface area contributed by atoms with E-state index >= 15 is 0 Å². The summed E-state index contributed by atoms with van der Waals surface area (Å²) in [5.74, 6) is 0.718. The van der Waals surface area contributed by atoms with Crippen molar-refractivity contribution < 1.29 is 19.1 Å². The van der Waals surface area contributed by atoms with Crippen molar-refractivity contribution in [3.63, 3.8) is 0 Å². The number of aromatic nitrogens is 2. The van der Waals surface area contributed by atoms with Gasteiger partial charge in [-0.15, -0.1) is 0 Å². The number of rotatable bonds is 7. The number of carbonyl (C=O) groups is 3. The third-order valence-corrected chi connectivity index (χ3v) is 8.05. The van der Waals surface area contributed by atoms with Crippen LogP contribution in [0.25, 0.3) is 17.5 Å². The second-order valence-electron chi connectivity index (χ2n) is 11.5. The van der Waals surface area contributed by atoms with Crippen molar-refractivity contribution in [3.05, 3.63) is 48.2 Å². The fourth-order valence-electron chi connectivity index (χ4n) is 7.03. The maximum atomic E-state index is 13.7. The van der Waals surface area contributed by atoms with Crippen LogP contribution in [-0.2, 0) is 9.53 Å². The second-order valence-corrected chi connectivity index (χ2v) is 11.5. The lowest BCUT2D eigenvalue weighted by Crippen LogP contribution is -2.63. The molecule has 0 radical (unpaired) electrons. The zero-order valence-electron chi connectivity index (χ0n) is 21.6.